The molecule has 4 nitrogen and oxygen atoms in total. The second kappa shape index (κ2) is 4.76. The molecule has 8 atom stereocenters. The fourth-order valence-corrected chi connectivity index (χ4v) is 9.25. The van der Waals surface area contributed by atoms with Crippen molar-refractivity contribution >= 4 is 15.8 Å². The van der Waals surface area contributed by atoms with Crippen LogP contribution in [0.25, 0.3) is 0 Å². The van der Waals surface area contributed by atoms with Gasteiger partial charge >= 0.3 is 0 Å². The molecule has 16 heavy (non-hydrogen) atoms. The Balaban J connectivity index is 2.18. The van der Waals surface area contributed by atoms with Gasteiger partial charge in [-0.3, -0.25) is 0 Å². The van der Waals surface area contributed by atoms with Crippen molar-refractivity contribution in [2.75, 3.05) is 25.7 Å². The zero-order valence-electron chi connectivity index (χ0n) is 9.56. The molecule has 6 heteroatoms. The second-order valence-corrected chi connectivity index (χ2v) is 9.93. The molecule has 3 unspecified atom stereocenters. The predicted molar refractivity (Wildman–Crippen MR) is 67.0 cm³/mol. The molecule has 0 spiro atoms. The predicted octanol–water partition coefficient (Wildman–Crippen LogP) is -0.582. The van der Waals surface area contributed by atoms with Crippen molar-refractivity contribution in [3.63, 3.8) is 0 Å². The van der Waals surface area contributed by atoms with Gasteiger partial charge in [0.25, 0.3) is 0 Å². The van der Waals surface area contributed by atoms with Crippen LogP contribution in [0, 0.1) is 0 Å². The van der Waals surface area contributed by atoms with Crippen LogP contribution in [0.1, 0.15) is 0 Å². The van der Waals surface area contributed by atoms with Crippen molar-refractivity contribution in [1.82, 2.24) is 0 Å². The van der Waals surface area contributed by atoms with E-state index in [9.17, 15) is 20.4 Å². The van der Waals surface area contributed by atoms with E-state index in [1.165, 1.54) is 0 Å². The summed E-state index contributed by atoms with van der Waals surface area (Å²) in [4.78, 5) is 0. The molecule has 0 aromatic rings. The molecule has 0 aliphatic carbocycles. The molecule has 0 saturated carbocycles. The highest BCUT2D eigenvalue weighted by Crippen LogP contribution is 2.59. The Morgan fingerprint density at radius 3 is 1.25 bits per heavy atom. The van der Waals surface area contributed by atoms with Gasteiger partial charge < -0.3 is 20.4 Å². The van der Waals surface area contributed by atoms with Crippen molar-refractivity contribution in [3.05, 3.63) is 0 Å². The lowest BCUT2D eigenvalue weighted by atomic mass is 10.0. The molecule has 0 aromatic carbocycles. The zero-order valence-corrected chi connectivity index (χ0v) is 11.4. The number of aliphatic hydroxyl groups is 4. The Bertz CT molecular complexity index is 239. The highest BCUT2D eigenvalue weighted by Gasteiger charge is 2.51. The Morgan fingerprint density at radius 2 is 1.06 bits per heavy atom. The first-order valence-corrected chi connectivity index (χ1v) is 9.65. The van der Waals surface area contributed by atoms with Gasteiger partial charge in [-0.15, -0.1) is 15.8 Å². The highest BCUT2D eigenvalue weighted by molar-refractivity contribution is 7.62. The Hall–Kier alpha value is 0.700. The van der Waals surface area contributed by atoms with Gasteiger partial charge in [-0.2, -0.15) is 0 Å². The average molecular weight is 266 g/mol. The topological polar surface area (TPSA) is 80.9 Å². The lowest BCUT2D eigenvalue weighted by molar-refractivity contribution is 0.0132. The molecule has 2 rings (SSSR count). The monoisotopic (exact) mass is 266 g/mol. The van der Waals surface area contributed by atoms with Gasteiger partial charge in [-0.25, -0.2) is 0 Å². The van der Waals surface area contributed by atoms with Gasteiger partial charge in [0, 0.05) is 11.3 Å². The molecule has 2 aliphatic rings. The minimum Gasteiger partial charge on any atom is -0.390 e. The van der Waals surface area contributed by atoms with E-state index in [0.717, 1.165) is 0 Å². The first-order valence-electron chi connectivity index (χ1n) is 5.56. The molecule has 0 radical (unpaired) electrons. The van der Waals surface area contributed by atoms with E-state index in [4.69, 9.17) is 0 Å². The lowest BCUT2D eigenvalue weighted by Crippen LogP contribution is -2.42. The van der Waals surface area contributed by atoms with Crippen LogP contribution < -0.4 is 0 Å². The molecule has 0 bridgehead atoms. The van der Waals surface area contributed by atoms with E-state index < -0.39 is 40.3 Å². The minimum atomic E-state index is -0.717. The molecule has 0 aromatic heterocycles. The standard InChI is InChI=1S/C10H20O4P2/c1-15-3-5(11)7(13)9(15)10-8(14)6(12)4-16(10)2/h5-14H,3-4H2,1-2H3/t5-,6-,7+,8+,9-,10?,15?,16?/m1/s1. The summed E-state index contributed by atoms with van der Waals surface area (Å²) >= 11 is 0. The summed E-state index contributed by atoms with van der Waals surface area (Å²) in [5, 5.41) is 39.3. The minimum absolute atomic E-state index is 0.00624. The third-order valence-electron chi connectivity index (χ3n) is 3.81. The van der Waals surface area contributed by atoms with E-state index in [-0.39, 0.29) is 11.3 Å². The summed E-state index contributed by atoms with van der Waals surface area (Å²) in [6.45, 7) is 4.14. The molecule has 2 aliphatic heterocycles. The first kappa shape index (κ1) is 13.1. The zero-order chi connectivity index (χ0) is 12.0. The molecule has 2 fully saturated rings. The largest absolute Gasteiger partial charge is 0.390 e. The number of rotatable bonds is 1. The van der Waals surface area contributed by atoms with Crippen molar-refractivity contribution < 1.29 is 20.4 Å². The number of hydrogen-bond donors (Lipinski definition) is 4. The summed E-state index contributed by atoms with van der Waals surface area (Å²) in [5.74, 6) is 0. The van der Waals surface area contributed by atoms with Gasteiger partial charge in [0.1, 0.15) is 0 Å². The van der Waals surface area contributed by atoms with Crippen molar-refractivity contribution in [3.8, 4) is 0 Å². The number of hydrogen-bond acceptors (Lipinski definition) is 4. The van der Waals surface area contributed by atoms with E-state index in [2.05, 4.69) is 13.3 Å². The molecular weight excluding hydrogens is 246 g/mol. The van der Waals surface area contributed by atoms with Gasteiger partial charge in [-0.1, -0.05) is 0 Å². The van der Waals surface area contributed by atoms with Crippen molar-refractivity contribution in [2.24, 2.45) is 0 Å². The fourth-order valence-electron chi connectivity index (χ4n) is 2.95. The maximum Gasteiger partial charge on any atom is 0.0876 e. The van der Waals surface area contributed by atoms with Crippen LogP contribution in [-0.4, -0.2) is 81.8 Å². The summed E-state index contributed by atoms with van der Waals surface area (Å²) in [5.41, 5.74) is -0.0125. The summed E-state index contributed by atoms with van der Waals surface area (Å²) < 4.78 is 0. The van der Waals surface area contributed by atoms with Crippen LogP contribution in [0.2, 0.25) is 0 Å². The SMILES string of the molecule is CP1C[C@@H](O)[C@H](O)C1[C@H]1[C@@H](O)[C@H](O)CP1C. The Morgan fingerprint density at radius 1 is 0.750 bits per heavy atom. The number of aliphatic hydroxyl groups excluding tert-OH is 4. The van der Waals surface area contributed by atoms with E-state index in [1.54, 1.807) is 0 Å². The Kier molecular flexibility index (Phi) is 3.91. The van der Waals surface area contributed by atoms with Crippen LogP contribution >= 0.6 is 15.8 Å². The fraction of sp³-hybridized carbons (Fsp3) is 1.00. The van der Waals surface area contributed by atoms with E-state index in [1.807, 2.05) is 0 Å². The van der Waals surface area contributed by atoms with Crippen LogP contribution in [0.3, 0.4) is 0 Å². The first-order chi connectivity index (χ1) is 7.43. The maximum absolute atomic E-state index is 9.99. The quantitative estimate of drug-likeness (QED) is 0.479. The van der Waals surface area contributed by atoms with Gasteiger partial charge in [0.15, 0.2) is 0 Å². The normalized spacial score (nSPS) is 58.1. The van der Waals surface area contributed by atoms with Crippen LogP contribution in [-0.2, 0) is 0 Å². The summed E-state index contributed by atoms with van der Waals surface area (Å²) in [6.07, 6.45) is -1.41. The Labute approximate surface area is 98.2 Å². The summed E-state index contributed by atoms with van der Waals surface area (Å²) in [7, 11) is -0.891. The molecule has 4 N–H and O–H groups in total. The van der Waals surface area contributed by atoms with Crippen LogP contribution in [0.15, 0.2) is 0 Å². The van der Waals surface area contributed by atoms with Crippen LogP contribution in [0.4, 0.5) is 0 Å². The third-order valence-corrected chi connectivity index (χ3v) is 9.23. The van der Waals surface area contributed by atoms with Gasteiger partial charge in [0.05, 0.1) is 24.4 Å². The van der Waals surface area contributed by atoms with Gasteiger partial charge in [-0.05, 0) is 25.7 Å². The smallest absolute Gasteiger partial charge is 0.0876 e. The van der Waals surface area contributed by atoms with Crippen molar-refractivity contribution in [2.45, 2.75) is 35.7 Å². The highest BCUT2D eigenvalue weighted by atomic mass is 31.1. The van der Waals surface area contributed by atoms with E-state index in [0.29, 0.717) is 12.3 Å². The van der Waals surface area contributed by atoms with Crippen LogP contribution in [0.5, 0.6) is 0 Å². The molecule has 2 heterocycles. The van der Waals surface area contributed by atoms with Gasteiger partial charge in [0.2, 0.25) is 0 Å². The summed E-state index contributed by atoms with van der Waals surface area (Å²) in [6, 6.07) is 0. The molecule has 0 amide bonds. The van der Waals surface area contributed by atoms with E-state index >= 15 is 0 Å². The molecular formula is C10H20O4P2. The molecule has 2 saturated heterocycles. The third kappa shape index (κ3) is 2.05. The van der Waals surface area contributed by atoms with Crippen molar-refractivity contribution in [1.29, 1.82) is 0 Å². The average Bonchev–Trinajstić information content (AvgIpc) is 2.57. The molecule has 94 valence electrons. The maximum atomic E-state index is 9.99. The lowest BCUT2D eigenvalue weighted by Gasteiger charge is -2.31. The second-order valence-electron chi connectivity index (χ2n) is 4.98.